The van der Waals surface area contributed by atoms with E-state index >= 15 is 0 Å². The molecule has 0 aromatic heterocycles. The Labute approximate surface area is 97.2 Å². The Hall–Kier alpha value is -0.617. The molecule has 15 heavy (non-hydrogen) atoms. The molecule has 0 aromatic carbocycles. The van der Waals surface area contributed by atoms with E-state index in [1.54, 1.807) is 0 Å². The van der Waals surface area contributed by atoms with Crippen LogP contribution in [0.25, 0.3) is 0 Å². The second kappa shape index (κ2) is 8.67. The summed E-state index contributed by atoms with van der Waals surface area (Å²) in [5, 5.41) is 0. The van der Waals surface area contributed by atoms with Crippen LogP contribution in [0.1, 0.15) is 0 Å². The van der Waals surface area contributed by atoms with Crippen LogP contribution in [0.5, 0.6) is 0 Å². The molecule has 10 nitrogen and oxygen atoms in total. The van der Waals surface area contributed by atoms with Crippen molar-refractivity contribution in [2.24, 2.45) is 0 Å². The summed E-state index contributed by atoms with van der Waals surface area (Å²) in [6.07, 6.45) is 0. The van der Waals surface area contributed by atoms with Gasteiger partial charge in [-0.15, -0.1) is 0 Å². The number of carbonyl (C=O) groups excluding carboxylic acids is 2. The van der Waals surface area contributed by atoms with Crippen molar-refractivity contribution in [2.45, 2.75) is 0 Å². The predicted octanol–water partition coefficient (Wildman–Crippen LogP) is -2.76. The van der Waals surface area contributed by atoms with Crippen molar-refractivity contribution < 1.29 is 63.4 Å². The standard InChI is InChI=1S/2CH2O5S.Zn/c2*2-1-6-7(3,4)5;/h2*1H,(H,3,4,5);/q;;+2/p-2. The van der Waals surface area contributed by atoms with Gasteiger partial charge in [0, 0.05) is 0 Å². The second-order valence-electron chi connectivity index (χ2n) is 1.20. The normalized spacial score (nSPS) is 9.73. The fourth-order valence-electron chi connectivity index (χ4n) is 0.0962. The Morgan fingerprint density at radius 3 is 1.00 bits per heavy atom. The first-order valence-corrected chi connectivity index (χ1v) is 4.94. The van der Waals surface area contributed by atoms with Gasteiger partial charge in [0.15, 0.2) is 0 Å². The molecule has 0 radical (unpaired) electrons. The van der Waals surface area contributed by atoms with E-state index in [0.717, 1.165) is 0 Å². The van der Waals surface area contributed by atoms with Crippen molar-refractivity contribution in [3.63, 3.8) is 0 Å². The molecule has 0 aromatic rings. The minimum absolute atomic E-state index is 0. The third-order valence-corrected chi connectivity index (χ3v) is 0.943. The fraction of sp³-hybridized carbons (Fsp3) is 0. The van der Waals surface area contributed by atoms with E-state index in [9.17, 15) is 25.9 Å². The average molecular weight is 316 g/mol. The summed E-state index contributed by atoms with van der Waals surface area (Å²) in [6, 6.07) is 0. The number of hydrogen-bond acceptors (Lipinski definition) is 10. The van der Waals surface area contributed by atoms with E-state index in [1.165, 1.54) is 0 Å². The molecular formula is C2H2O10S2Zn. The van der Waals surface area contributed by atoms with Crippen molar-refractivity contribution in [3.05, 3.63) is 0 Å². The Morgan fingerprint density at radius 1 is 0.800 bits per heavy atom. The molecule has 0 heterocycles. The quantitative estimate of drug-likeness (QED) is 0.229. The van der Waals surface area contributed by atoms with Crippen LogP contribution in [-0.2, 0) is 58.2 Å². The first-order chi connectivity index (χ1) is 6.12. The zero-order chi connectivity index (χ0) is 11.8. The maximum Gasteiger partial charge on any atom is 2.00 e. The van der Waals surface area contributed by atoms with E-state index < -0.39 is 33.7 Å². The summed E-state index contributed by atoms with van der Waals surface area (Å²) in [7, 11) is -9.58. The van der Waals surface area contributed by atoms with Crippen molar-refractivity contribution in [1.82, 2.24) is 0 Å². The molecule has 0 rings (SSSR count). The van der Waals surface area contributed by atoms with Gasteiger partial charge in [-0.25, -0.2) is 16.8 Å². The third-order valence-electron chi connectivity index (χ3n) is 0.314. The molecule has 0 aliphatic rings. The number of carbonyl (C=O) groups is 2. The third kappa shape index (κ3) is 31.8. The van der Waals surface area contributed by atoms with Crippen LogP contribution in [0.4, 0.5) is 0 Å². The van der Waals surface area contributed by atoms with Crippen LogP contribution in [0, 0.1) is 0 Å². The monoisotopic (exact) mass is 314 g/mol. The summed E-state index contributed by atoms with van der Waals surface area (Å²) >= 11 is 0. The van der Waals surface area contributed by atoms with Crippen molar-refractivity contribution in [1.29, 1.82) is 0 Å². The van der Waals surface area contributed by atoms with Gasteiger partial charge in [-0.3, -0.25) is 9.59 Å². The zero-order valence-electron chi connectivity index (χ0n) is 6.76. The van der Waals surface area contributed by atoms with E-state index in [4.69, 9.17) is 9.59 Å². The molecule has 0 aliphatic carbocycles. The molecule has 0 saturated carbocycles. The maximum atomic E-state index is 9.22. The first kappa shape index (κ1) is 19.9. The molecule has 0 fully saturated rings. The smallest absolute Gasteiger partial charge is 0.716 e. The minimum atomic E-state index is -4.79. The Bertz CT molecular complexity index is 326. The topological polar surface area (TPSA) is 167 Å². The van der Waals surface area contributed by atoms with Crippen LogP contribution in [-0.4, -0.2) is 38.9 Å². The molecule has 0 N–H and O–H groups in total. The maximum absolute atomic E-state index is 9.22. The van der Waals surface area contributed by atoms with E-state index in [-0.39, 0.29) is 19.5 Å². The SMILES string of the molecule is O=COS(=O)(=O)[O-].O=COS(=O)(=O)[O-].[Zn+2]. The van der Waals surface area contributed by atoms with Crippen molar-refractivity contribution in [3.8, 4) is 0 Å². The second-order valence-corrected chi connectivity index (χ2v) is 3.22. The van der Waals surface area contributed by atoms with Gasteiger partial charge in [0.05, 0.1) is 0 Å². The van der Waals surface area contributed by atoms with Gasteiger partial charge in [-0.1, -0.05) is 0 Å². The summed E-state index contributed by atoms with van der Waals surface area (Å²) in [6.45, 7) is -0.884. The molecule has 0 amide bonds. The van der Waals surface area contributed by atoms with Crippen molar-refractivity contribution in [2.75, 3.05) is 0 Å². The van der Waals surface area contributed by atoms with Crippen LogP contribution in [0.2, 0.25) is 0 Å². The molecular weight excluding hydrogens is 314 g/mol. The molecule has 0 aliphatic heterocycles. The van der Waals surface area contributed by atoms with Gasteiger partial charge < -0.3 is 17.5 Å². The molecule has 0 spiro atoms. The largest absolute Gasteiger partial charge is 2.00 e. The van der Waals surface area contributed by atoms with Crippen LogP contribution < -0.4 is 0 Å². The van der Waals surface area contributed by atoms with Gasteiger partial charge in [0.2, 0.25) is 0 Å². The Kier molecular flexibility index (Phi) is 11.5. The van der Waals surface area contributed by atoms with Gasteiger partial charge >= 0.3 is 32.4 Å². The average Bonchev–Trinajstić information content (AvgIpc) is 1.81. The van der Waals surface area contributed by atoms with Gasteiger partial charge in [-0.2, -0.15) is 0 Å². The molecule has 0 saturated heterocycles. The van der Waals surface area contributed by atoms with Gasteiger partial charge in [0.25, 0.3) is 20.8 Å². The van der Waals surface area contributed by atoms with E-state index in [0.29, 0.717) is 0 Å². The summed E-state index contributed by atoms with van der Waals surface area (Å²) in [5.41, 5.74) is 0. The van der Waals surface area contributed by atoms with Crippen LogP contribution >= 0.6 is 0 Å². The summed E-state index contributed by atoms with van der Waals surface area (Å²) < 4.78 is 61.3. The number of hydrogen-bond donors (Lipinski definition) is 0. The zero-order valence-corrected chi connectivity index (χ0v) is 11.4. The van der Waals surface area contributed by atoms with Crippen LogP contribution in [0.3, 0.4) is 0 Å². The minimum Gasteiger partial charge on any atom is -0.716 e. The first-order valence-electron chi connectivity index (χ1n) is 2.28. The molecule has 84 valence electrons. The van der Waals surface area contributed by atoms with Crippen molar-refractivity contribution >= 4 is 33.7 Å². The molecule has 13 heteroatoms. The van der Waals surface area contributed by atoms with Gasteiger partial charge in [0.1, 0.15) is 0 Å². The number of rotatable bonds is 4. The molecule has 0 unspecified atom stereocenters. The predicted molar refractivity (Wildman–Crippen MR) is 33.7 cm³/mol. The van der Waals surface area contributed by atoms with E-state index in [2.05, 4.69) is 8.37 Å². The Morgan fingerprint density at radius 2 is 1.00 bits per heavy atom. The molecule has 0 bridgehead atoms. The van der Waals surface area contributed by atoms with Crippen LogP contribution in [0.15, 0.2) is 0 Å². The Balaban J connectivity index is -0.000000180. The fourth-order valence-corrected chi connectivity index (χ4v) is 0.289. The van der Waals surface area contributed by atoms with Gasteiger partial charge in [-0.05, 0) is 0 Å². The summed E-state index contributed by atoms with van der Waals surface area (Å²) in [4.78, 5) is 18.0. The summed E-state index contributed by atoms with van der Waals surface area (Å²) in [5.74, 6) is 0. The van der Waals surface area contributed by atoms with E-state index in [1.807, 2.05) is 0 Å². The molecule has 0 atom stereocenters.